The summed E-state index contributed by atoms with van der Waals surface area (Å²) in [7, 11) is -2.16. The molecule has 1 aromatic carbocycles. The number of anilines is 1. The number of hydrogen-bond acceptors (Lipinski definition) is 8. The maximum atomic E-state index is 13.4. The molecule has 10 nitrogen and oxygen atoms in total. The van der Waals surface area contributed by atoms with Crippen LogP contribution in [0, 0.1) is 5.92 Å². The maximum absolute atomic E-state index is 13.4. The summed E-state index contributed by atoms with van der Waals surface area (Å²) in [6.07, 6.45) is 5.61. The molecule has 39 heavy (non-hydrogen) atoms. The van der Waals surface area contributed by atoms with Gasteiger partial charge in [0.2, 0.25) is 10.0 Å². The summed E-state index contributed by atoms with van der Waals surface area (Å²) in [4.78, 5) is 20.5. The Balaban J connectivity index is 1.46. The Kier molecular flexibility index (Phi) is 7.30. The average Bonchev–Trinajstić information content (AvgIpc) is 3.58. The number of nitrogens with one attached hydrogen (secondary N) is 1. The minimum atomic E-state index is -3.89. The quantitative estimate of drug-likeness (QED) is 0.451. The molecule has 4 heterocycles. The molecule has 0 spiro atoms. The molecule has 1 atom stereocenters. The fourth-order valence-corrected chi connectivity index (χ4v) is 7.02. The Morgan fingerprint density at radius 2 is 1.90 bits per heavy atom. The van der Waals surface area contributed by atoms with Crippen LogP contribution in [0.25, 0.3) is 16.7 Å². The predicted octanol–water partition coefficient (Wildman–Crippen LogP) is 3.40. The fraction of sp³-hybridized carbons (Fsp3) is 0.536. The Morgan fingerprint density at radius 1 is 1.13 bits per heavy atom. The molecule has 1 saturated carbocycles. The first-order valence-corrected chi connectivity index (χ1v) is 15.4. The van der Waals surface area contributed by atoms with E-state index in [9.17, 15) is 13.2 Å². The van der Waals surface area contributed by atoms with Crippen LogP contribution in [0.1, 0.15) is 60.6 Å². The van der Waals surface area contributed by atoms with Gasteiger partial charge in [-0.25, -0.2) is 22.8 Å². The average molecular weight is 554 g/mol. The van der Waals surface area contributed by atoms with E-state index in [0.29, 0.717) is 30.5 Å². The first-order valence-electron chi connectivity index (χ1n) is 13.8. The van der Waals surface area contributed by atoms with Crippen LogP contribution in [0.5, 0.6) is 0 Å². The Labute approximate surface area is 228 Å². The molecule has 2 aliphatic heterocycles. The predicted molar refractivity (Wildman–Crippen MR) is 148 cm³/mol. The van der Waals surface area contributed by atoms with Crippen LogP contribution < -0.4 is 9.62 Å². The molecule has 208 valence electrons. The number of para-hydroxylation sites is 1. The highest BCUT2D eigenvalue weighted by molar-refractivity contribution is 7.90. The minimum Gasteiger partial charge on any atom is -0.384 e. The van der Waals surface area contributed by atoms with Crippen LogP contribution in [-0.4, -0.2) is 74.4 Å². The molecule has 1 aliphatic carbocycles. The van der Waals surface area contributed by atoms with Gasteiger partial charge in [0.1, 0.15) is 10.9 Å². The SMILES string of the molecule is COCC1CCN(c2cc(C(=O)NS(=O)(=O)C3CCOC3)nc3c2c(C2CCC2)nn3-c2ccccc2)CC1. The second kappa shape index (κ2) is 10.9. The summed E-state index contributed by atoms with van der Waals surface area (Å²) in [6.45, 7) is 2.81. The van der Waals surface area contributed by atoms with Crippen molar-refractivity contribution in [2.45, 2.75) is 49.7 Å². The number of carbonyl (C=O) groups is 1. The topological polar surface area (TPSA) is 116 Å². The van der Waals surface area contributed by atoms with E-state index in [4.69, 9.17) is 19.6 Å². The van der Waals surface area contributed by atoms with E-state index in [1.807, 2.05) is 30.3 Å². The van der Waals surface area contributed by atoms with Gasteiger partial charge in [-0.3, -0.25) is 4.79 Å². The molecule has 1 amide bonds. The van der Waals surface area contributed by atoms with Gasteiger partial charge in [-0.05, 0) is 56.2 Å². The summed E-state index contributed by atoms with van der Waals surface area (Å²) >= 11 is 0. The van der Waals surface area contributed by atoms with Crippen LogP contribution in [-0.2, 0) is 19.5 Å². The molecular formula is C28H35N5O5S. The third-order valence-corrected chi connectivity index (χ3v) is 10.0. The largest absolute Gasteiger partial charge is 0.384 e. The molecule has 1 unspecified atom stereocenters. The van der Waals surface area contributed by atoms with E-state index in [1.54, 1.807) is 17.9 Å². The van der Waals surface area contributed by atoms with Crippen molar-refractivity contribution in [3.63, 3.8) is 0 Å². The van der Waals surface area contributed by atoms with E-state index in [0.717, 1.165) is 67.8 Å². The Morgan fingerprint density at radius 3 is 2.54 bits per heavy atom. The van der Waals surface area contributed by atoms with E-state index in [1.165, 1.54) is 6.42 Å². The van der Waals surface area contributed by atoms with Crippen LogP contribution >= 0.6 is 0 Å². The van der Waals surface area contributed by atoms with Gasteiger partial charge in [-0.15, -0.1) is 0 Å². The number of nitrogens with zero attached hydrogens (tertiary/aromatic N) is 4. The van der Waals surface area contributed by atoms with Crippen molar-refractivity contribution in [2.75, 3.05) is 44.9 Å². The molecule has 0 radical (unpaired) electrons. The summed E-state index contributed by atoms with van der Waals surface area (Å²) in [5.41, 5.74) is 3.39. The molecule has 11 heteroatoms. The van der Waals surface area contributed by atoms with E-state index < -0.39 is 21.2 Å². The van der Waals surface area contributed by atoms with Crippen LogP contribution in [0.4, 0.5) is 5.69 Å². The van der Waals surface area contributed by atoms with E-state index >= 15 is 0 Å². The van der Waals surface area contributed by atoms with Crippen molar-refractivity contribution in [3.8, 4) is 5.69 Å². The molecule has 3 aliphatic rings. The zero-order valence-corrected chi connectivity index (χ0v) is 23.0. The molecule has 3 fully saturated rings. The van der Waals surface area contributed by atoms with Gasteiger partial charge in [-0.1, -0.05) is 24.6 Å². The maximum Gasteiger partial charge on any atom is 0.283 e. The smallest absolute Gasteiger partial charge is 0.283 e. The third-order valence-electron chi connectivity index (χ3n) is 8.29. The van der Waals surface area contributed by atoms with E-state index in [2.05, 4.69) is 9.62 Å². The van der Waals surface area contributed by atoms with Gasteiger partial charge < -0.3 is 14.4 Å². The highest BCUT2D eigenvalue weighted by Gasteiger charge is 2.34. The second-order valence-electron chi connectivity index (χ2n) is 10.8. The number of benzene rings is 1. The van der Waals surface area contributed by atoms with Crippen molar-refractivity contribution in [1.82, 2.24) is 19.5 Å². The number of pyridine rings is 1. The van der Waals surface area contributed by atoms with Crippen molar-refractivity contribution in [2.24, 2.45) is 5.92 Å². The Bertz CT molecular complexity index is 1440. The number of hydrogen-bond donors (Lipinski definition) is 1. The molecular weight excluding hydrogens is 518 g/mol. The van der Waals surface area contributed by atoms with Gasteiger partial charge in [0, 0.05) is 39.3 Å². The van der Waals surface area contributed by atoms with Crippen molar-refractivity contribution in [3.05, 3.63) is 47.8 Å². The van der Waals surface area contributed by atoms with Crippen molar-refractivity contribution >= 4 is 32.7 Å². The summed E-state index contributed by atoms with van der Waals surface area (Å²) in [6, 6.07) is 11.5. The lowest BCUT2D eigenvalue weighted by molar-refractivity contribution is 0.0976. The van der Waals surface area contributed by atoms with Crippen molar-refractivity contribution < 1.29 is 22.7 Å². The lowest BCUT2D eigenvalue weighted by atomic mass is 9.82. The molecule has 3 aromatic rings. The second-order valence-corrected chi connectivity index (χ2v) is 12.8. The van der Waals surface area contributed by atoms with Gasteiger partial charge in [0.15, 0.2) is 5.65 Å². The Hall–Kier alpha value is -3.02. The molecule has 1 N–H and O–H groups in total. The number of fused-ring (bicyclic) bond motifs is 1. The van der Waals surface area contributed by atoms with Gasteiger partial charge in [-0.2, -0.15) is 5.10 Å². The highest BCUT2D eigenvalue weighted by atomic mass is 32.2. The number of piperidine rings is 1. The number of sulfonamides is 1. The van der Waals surface area contributed by atoms with Crippen LogP contribution in [0.2, 0.25) is 0 Å². The number of amides is 1. The van der Waals surface area contributed by atoms with Gasteiger partial charge in [0.25, 0.3) is 5.91 Å². The summed E-state index contributed by atoms with van der Waals surface area (Å²) in [5, 5.41) is 5.27. The number of rotatable bonds is 8. The summed E-state index contributed by atoms with van der Waals surface area (Å²) in [5.74, 6) is 0.0973. The zero-order valence-electron chi connectivity index (χ0n) is 22.2. The lowest BCUT2D eigenvalue weighted by Gasteiger charge is -2.34. The normalized spacial score (nSPS) is 20.8. The first kappa shape index (κ1) is 26.2. The standard InChI is InChI=1S/C28H35N5O5S/c1-37-17-19-10-13-32(14-11-19)24-16-23(28(34)31-39(35,36)22-12-15-38-18-22)29-27-25(24)26(20-6-5-7-20)30-33(27)21-8-3-2-4-9-21/h2-4,8-9,16,19-20,22H,5-7,10-15,17-18H2,1H3,(H,31,34). The number of aromatic nitrogens is 3. The lowest BCUT2D eigenvalue weighted by Crippen LogP contribution is -2.39. The fourth-order valence-electron chi connectivity index (χ4n) is 5.80. The third kappa shape index (κ3) is 5.15. The number of methoxy groups -OCH3 is 1. The number of ether oxygens (including phenoxy) is 2. The van der Waals surface area contributed by atoms with Gasteiger partial charge >= 0.3 is 0 Å². The van der Waals surface area contributed by atoms with E-state index in [-0.39, 0.29) is 12.3 Å². The monoisotopic (exact) mass is 553 g/mol. The minimum absolute atomic E-state index is 0.0660. The number of carbonyl (C=O) groups excluding carboxylic acids is 1. The molecule has 2 saturated heterocycles. The first-order chi connectivity index (χ1) is 18.9. The van der Waals surface area contributed by atoms with Gasteiger partial charge in [0.05, 0.1) is 29.1 Å². The molecule has 0 bridgehead atoms. The molecule has 6 rings (SSSR count). The highest BCUT2D eigenvalue weighted by Crippen LogP contribution is 2.43. The molecule has 2 aromatic heterocycles. The zero-order chi connectivity index (χ0) is 27.0. The summed E-state index contributed by atoms with van der Waals surface area (Å²) < 4.78 is 40.5. The van der Waals surface area contributed by atoms with Crippen LogP contribution in [0.15, 0.2) is 36.4 Å². The van der Waals surface area contributed by atoms with Crippen LogP contribution in [0.3, 0.4) is 0 Å². The van der Waals surface area contributed by atoms with Crippen molar-refractivity contribution in [1.29, 1.82) is 0 Å².